The van der Waals surface area contributed by atoms with Crippen molar-refractivity contribution in [3.63, 3.8) is 0 Å². The van der Waals surface area contributed by atoms with Crippen LogP contribution >= 0.6 is 45.2 Å². The summed E-state index contributed by atoms with van der Waals surface area (Å²) in [6.07, 6.45) is 3.56. The summed E-state index contributed by atoms with van der Waals surface area (Å²) in [6, 6.07) is 0. The Hall–Kier alpha value is 0.410. The molecule has 2 nitrogen and oxygen atoms in total. The Labute approximate surface area is 86.7 Å². The molecule has 0 aliphatic rings. The van der Waals surface area contributed by atoms with Gasteiger partial charge in [0.2, 0.25) is 0 Å². The van der Waals surface area contributed by atoms with E-state index in [4.69, 9.17) is 4.74 Å². The van der Waals surface area contributed by atoms with Gasteiger partial charge in [-0.25, -0.2) is 0 Å². The third-order valence-corrected chi connectivity index (χ3v) is 2.55. The van der Waals surface area contributed by atoms with Gasteiger partial charge in [0.1, 0.15) is 5.75 Å². The van der Waals surface area contributed by atoms with Gasteiger partial charge in [-0.15, -0.1) is 0 Å². The first-order valence-electron chi connectivity index (χ1n) is 2.58. The normalized spacial score (nSPS) is 9.50. The van der Waals surface area contributed by atoms with E-state index in [1.807, 2.05) is 0 Å². The summed E-state index contributed by atoms with van der Waals surface area (Å²) in [5, 5.41) is 0. The largest absolute Gasteiger partial charge is 0.494 e. The van der Waals surface area contributed by atoms with E-state index in [2.05, 4.69) is 50.2 Å². The molecule has 0 radical (unpaired) electrons. The summed E-state index contributed by atoms with van der Waals surface area (Å²) in [5.74, 6) is 0.913. The van der Waals surface area contributed by atoms with Crippen molar-refractivity contribution in [3.8, 4) is 5.75 Å². The average Bonchev–Trinajstić information content (AvgIpc) is 1.88. The average molecular weight is 361 g/mol. The maximum Gasteiger partial charge on any atom is 0.148 e. The number of hydrogen-bond donors (Lipinski definition) is 0. The van der Waals surface area contributed by atoms with Crippen LogP contribution in [0.25, 0.3) is 0 Å². The van der Waals surface area contributed by atoms with Crippen LogP contribution in [0.15, 0.2) is 12.4 Å². The number of methoxy groups -OCH3 is 1. The van der Waals surface area contributed by atoms with Gasteiger partial charge < -0.3 is 4.74 Å². The smallest absolute Gasteiger partial charge is 0.148 e. The van der Waals surface area contributed by atoms with Crippen molar-refractivity contribution >= 4 is 45.2 Å². The molecule has 10 heavy (non-hydrogen) atoms. The Balaban J connectivity index is 3.17. The van der Waals surface area contributed by atoms with Crippen LogP contribution in [-0.4, -0.2) is 12.1 Å². The second-order valence-electron chi connectivity index (χ2n) is 1.64. The molecule has 0 N–H and O–H groups in total. The van der Waals surface area contributed by atoms with Crippen LogP contribution in [0.3, 0.4) is 0 Å². The van der Waals surface area contributed by atoms with E-state index in [0.717, 1.165) is 12.9 Å². The highest BCUT2D eigenvalue weighted by molar-refractivity contribution is 14.1. The molecule has 4 heteroatoms. The van der Waals surface area contributed by atoms with Crippen molar-refractivity contribution < 1.29 is 4.74 Å². The van der Waals surface area contributed by atoms with E-state index in [1.165, 1.54) is 0 Å². The lowest BCUT2D eigenvalue weighted by atomic mass is 10.5. The summed E-state index contributed by atoms with van der Waals surface area (Å²) in [4.78, 5) is 4.00. The molecule has 0 aliphatic heterocycles. The van der Waals surface area contributed by atoms with Gasteiger partial charge in [0, 0.05) is 12.4 Å². The number of nitrogens with zero attached hydrogens (tertiary/aromatic N) is 1. The van der Waals surface area contributed by atoms with Crippen LogP contribution in [0.2, 0.25) is 0 Å². The predicted octanol–water partition coefficient (Wildman–Crippen LogP) is 2.30. The fraction of sp³-hybridized carbons (Fsp3) is 0.167. The fourth-order valence-corrected chi connectivity index (χ4v) is 2.45. The Morgan fingerprint density at radius 3 is 2.10 bits per heavy atom. The molecule has 0 atom stereocenters. The van der Waals surface area contributed by atoms with E-state index in [1.54, 1.807) is 19.5 Å². The van der Waals surface area contributed by atoms with E-state index in [-0.39, 0.29) is 0 Å². The van der Waals surface area contributed by atoms with Gasteiger partial charge >= 0.3 is 0 Å². The molecule has 0 amide bonds. The van der Waals surface area contributed by atoms with Crippen molar-refractivity contribution in [2.75, 3.05) is 7.11 Å². The first-order valence-corrected chi connectivity index (χ1v) is 4.74. The zero-order valence-electron chi connectivity index (χ0n) is 5.27. The first-order chi connectivity index (χ1) is 4.75. The molecule has 0 spiro atoms. The number of rotatable bonds is 1. The molecule has 1 aromatic heterocycles. The quantitative estimate of drug-likeness (QED) is 0.717. The lowest BCUT2D eigenvalue weighted by Gasteiger charge is -2.02. The summed E-state index contributed by atoms with van der Waals surface area (Å²) >= 11 is 4.39. The third-order valence-electron chi connectivity index (χ3n) is 1.01. The Morgan fingerprint density at radius 1 is 1.30 bits per heavy atom. The maximum absolute atomic E-state index is 5.12. The lowest BCUT2D eigenvalue weighted by Crippen LogP contribution is -1.90. The highest BCUT2D eigenvalue weighted by Gasteiger charge is 2.02. The van der Waals surface area contributed by atoms with E-state index in [0.29, 0.717) is 0 Å². The Bertz CT molecular complexity index is 219. The molecule has 0 bridgehead atoms. The molecular weight excluding hydrogens is 356 g/mol. The topological polar surface area (TPSA) is 22.1 Å². The number of aromatic nitrogens is 1. The van der Waals surface area contributed by atoms with Gasteiger partial charge in [0.05, 0.1) is 14.3 Å². The zero-order chi connectivity index (χ0) is 7.56. The molecule has 0 saturated carbocycles. The fourth-order valence-electron chi connectivity index (χ4n) is 0.594. The third kappa shape index (κ3) is 1.71. The Morgan fingerprint density at radius 2 is 1.80 bits per heavy atom. The molecule has 1 heterocycles. The number of halogens is 2. The maximum atomic E-state index is 5.12. The van der Waals surface area contributed by atoms with Gasteiger partial charge in [-0.1, -0.05) is 0 Å². The van der Waals surface area contributed by atoms with Crippen LogP contribution < -0.4 is 4.74 Å². The minimum atomic E-state index is 0.913. The van der Waals surface area contributed by atoms with Crippen LogP contribution in [0, 0.1) is 7.14 Å². The standard InChI is InChI=1S/C6H5I2NO/c1-10-6-4(7)2-9-3-5(6)8/h2-3H,1H3. The van der Waals surface area contributed by atoms with Crippen molar-refractivity contribution in [3.05, 3.63) is 19.5 Å². The molecule has 0 fully saturated rings. The number of pyridine rings is 1. The second kappa shape index (κ2) is 3.70. The van der Waals surface area contributed by atoms with Crippen LogP contribution in [0.5, 0.6) is 5.75 Å². The van der Waals surface area contributed by atoms with E-state index >= 15 is 0 Å². The first kappa shape index (κ1) is 8.51. The van der Waals surface area contributed by atoms with Gasteiger partial charge in [0.25, 0.3) is 0 Å². The summed E-state index contributed by atoms with van der Waals surface area (Å²) in [7, 11) is 1.67. The molecule has 1 rings (SSSR count). The molecule has 0 aromatic carbocycles. The van der Waals surface area contributed by atoms with E-state index in [9.17, 15) is 0 Å². The molecule has 0 saturated heterocycles. The van der Waals surface area contributed by atoms with Gasteiger partial charge in [-0.3, -0.25) is 4.98 Å². The molecule has 0 aliphatic carbocycles. The zero-order valence-corrected chi connectivity index (χ0v) is 9.58. The predicted molar refractivity (Wildman–Crippen MR) is 56.2 cm³/mol. The summed E-state index contributed by atoms with van der Waals surface area (Å²) in [6.45, 7) is 0. The molecule has 54 valence electrons. The van der Waals surface area contributed by atoms with Crippen molar-refractivity contribution in [2.45, 2.75) is 0 Å². The van der Waals surface area contributed by atoms with Crippen molar-refractivity contribution in [1.82, 2.24) is 4.98 Å². The van der Waals surface area contributed by atoms with Crippen LogP contribution in [-0.2, 0) is 0 Å². The van der Waals surface area contributed by atoms with Gasteiger partial charge in [-0.05, 0) is 45.2 Å². The summed E-state index contributed by atoms with van der Waals surface area (Å²) in [5.41, 5.74) is 0. The SMILES string of the molecule is COc1c(I)cncc1I. The van der Waals surface area contributed by atoms with E-state index < -0.39 is 0 Å². The second-order valence-corrected chi connectivity index (χ2v) is 3.96. The minimum absolute atomic E-state index is 0.913. The highest BCUT2D eigenvalue weighted by atomic mass is 127. The lowest BCUT2D eigenvalue weighted by molar-refractivity contribution is 0.408. The Kier molecular flexibility index (Phi) is 3.15. The van der Waals surface area contributed by atoms with Gasteiger partial charge in [-0.2, -0.15) is 0 Å². The van der Waals surface area contributed by atoms with Crippen molar-refractivity contribution in [2.24, 2.45) is 0 Å². The van der Waals surface area contributed by atoms with Crippen molar-refractivity contribution in [1.29, 1.82) is 0 Å². The molecular formula is C6H5I2NO. The van der Waals surface area contributed by atoms with Gasteiger partial charge in [0.15, 0.2) is 0 Å². The minimum Gasteiger partial charge on any atom is -0.494 e. The summed E-state index contributed by atoms with van der Waals surface area (Å²) < 4.78 is 7.22. The highest BCUT2D eigenvalue weighted by Crippen LogP contribution is 2.24. The molecule has 1 aromatic rings. The molecule has 0 unspecified atom stereocenters. The number of ether oxygens (including phenoxy) is 1. The van der Waals surface area contributed by atoms with Crippen LogP contribution in [0.4, 0.5) is 0 Å². The monoisotopic (exact) mass is 361 g/mol. The number of hydrogen-bond acceptors (Lipinski definition) is 2. The van der Waals surface area contributed by atoms with Crippen LogP contribution in [0.1, 0.15) is 0 Å².